The molecule has 0 radical (unpaired) electrons. The third kappa shape index (κ3) is 3.56. The second kappa shape index (κ2) is 7.38. The van der Waals surface area contributed by atoms with Crippen molar-refractivity contribution in [3.8, 4) is 28.6 Å². The number of nitriles is 1. The summed E-state index contributed by atoms with van der Waals surface area (Å²) in [5.74, 6) is -0.720. The van der Waals surface area contributed by atoms with Crippen LogP contribution in [-0.2, 0) is 4.74 Å². The van der Waals surface area contributed by atoms with Crippen LogP contribution >= 0.6 is 0 Å². The normalized spacial score (nSPS) is 10.3. The molecule has 5 heteroatoms. The van der Waals surface area contributed by atoms with Gasteiger partial charge in [-0.25, -0.2) is 14.2 Å². The molecule has 1 heterocycles. The van der Waals surface area contributed by atoms with Crippen LogP contribution in [0, 0.1) is 31.0 Å². The largest absolute Gasteiger partial charge is 0.465 e. The highest BCUT2D eigenvalue weighted by Gasteiger charge is 2.17. The predicted octanol–water partition coefficient (Wildman–Crippen LogP) is 4.83. The van der Waals surface area contributed by atoms with Gasteiger partial charge in [-0.1, -0.05) is 0 Å². The van der Waals surface area contributed by atoms with E-state index in [1.807, 2.05) is 26.0 Å². The zero-order chi connectivity index (χ0) is 19.6. The lowest BCUT2D eigenvalue weighted by Gasteiger charge is -2.12. The number of nitrogens with zero attached hydrogens (tertiary/aromatic N) is 2. The van der Waals surface area contributed by atoms with Crippen LogP contribution in [0.1, 0.15) is 27.0 Å². The fourth-order valence-electron chi connectivity index (χ4n) is 3.08. The summed E-state index contributed by atoms with van der Waals surface area (Å²) in [6.45, 7) is 3.64. The van der Waals surface area contributed by atoms with Gasteiger partial charge in [-0.15, -0.1) is 0 Å². The summed E-state index contributed by atoms with van der Waals surface area (Å²) >= 11 is 0. The molecule has 0 fully saturated rings. The van der Waals surface area contributed by atoms with Gasteiger partial charge in [0.2, 0.25) is 0 Å². The molecule has 0 bridgehead atoms. The molecule has 3 rings (SSSR count). The molecule has 0 aliphatic rings. The summed E-state index contributed by atoms with van der Waals surface area (Å²) in [6.07, 6.45) is 0. The molecule has 2 aromatic carbocycles. The maximum atomic E-state index is 13.2. The SMILES string of the molecule is COC(=O)c1c(C)cc(-c2nc(-c3ccc(F)cc3)ccc2C#N)cc1C. The summed E-state index contributed by atoms with van der Waals surface area (Å²) in [7, 11) is 1.34. The monoisotopic (exact) mass is 360 g/mol. The van der Waals surface area contributed by atoms with Crippen LogP contribution in [0.15, 0.2) is 48.5 Å². The number of benzene rings is 2. The Bertz CT molecular complexity index is 1040. The average molecular weight is 360 g/mol. The van der Waals surface area contributed by atoms with Gasteiger partial charge in [-0.3, -0.25) is 0 Å². The zero-order valence-corrected chi connectivity index (χ0v) is 15.2. The average Bonchev–Trinajstić information content (AvgIpc) is 2.67. The van der Waals surface area contributed by atoms with E-state index in [0.29, 0.717) is 22.5 Å². The van der Waals surface area contributed by atoms with Crippen molar-refractivity contribution in [2.75, 3.05) is 7.11 Å². The van der Waals surface area contributed by atoms with Gasteiger partial charge in [-0.05, 0) is 73.5 Å². The Morgan fingerprint density at radius 2 is 1.67 bits per heavy atom. The first kappa shape index (κ1) is 18.3. The Labute approximate surface area is 156 Å². The molecule has 0 N–H and O–H groups in total. The van der Waals surface area contributed by atoms with Crippen LogP contribution in [0.25, 0.3) is 22.5 Å². The number of hydrogen-bond acceptors (Lipinski definition) is 4. The summed E-state index contributed by atoms with van der Waals surface area (Å²) < 4.78 is 18.0. The lowest BCUT2D eigenvalue weighted by atomic mass is 9.95. The molecule has 0 unspecified atom stereocenters. The maximum Gasteiger partial charge on any atom is 0.338 e. The third-order valence-corrected chi connectivity index (χ3v) is 4.35. The van der Waals surface area contributed by atoms with E-state index in [0.717, 1.165) is 22.3 Å². The maximum absolute atomic E-state index is 13.2. The van der Waals surface area contributed by atoms with Crippen molar-refractivity contribution in [1.29, 1.82) is 5.26 Å². The number of pyridine rings is 1. The van der Waals surface area contributed by atoms with Gasteiger partial charge in [0.1, 0.15) is 11.9 Å². The first-order valence-electron chi connectivity index (χ1n) is 8.31. The van der Waals surface area contributed by atoms with Gasteiger partial charge in [0, 0.05) is 11.1 Å². The minimum Gasteiger partial charge on any atom is -0.465 e. The minimum atomic E-state index is -0.398. The van der Waals surface area contributed by atoms with Gasteiger partial charge >= 0.3 is 5.97 Å². The van der Waals surface area contributed by atoms with Gasteiger partial charge in [-0.2, -0.15) is 5.26 Å². The number of halogens is 1. The first-order chi connectivity index (χ1) is 12.9. The molecule has 4 nitrogen and oxygen atoms in total. The Hall–Kier alpha value is -3.52. The quantitative estimate of drug-likeness (QED) is 0.628. The molecule has 0 saturated carbocycles. The first-order valence-corrected chi connectivity index (χ1v) is 8.31. The summed E-state index contributed by atoms with van der Waals surface area (Å²) in [4.78, 5) is 16.6. The molecule has 0 spiro atoms. The number of hydrogen-bond donors (Lipinski definition) is 0. The third-order valence-electron chi connectivity index (χ3n) is 4.35. The van der Waals surface area contributed by atoms with Crippen molar-refractivity contribution >= 4 is 5.97 Å². The van der Waals surface area contributed by atoms with Crippen molar-refractivity contribution in [3.05, 3.63) is 76.6 Å². The minimum absolute atomic E-state index is 0.322. The number of aryl methyl sites for hydroxylation is 2. The molecule has 0 atom stereocenters. The van der Waals surface area contributed by atoms with E-state index in [-0.39, 0.29) is 5.82 Å². The molecule has 0 saturated heterocycles. The van der Waals surface area contributed by atoms with Crippen LogP contribution in [0.2, 0.25) is 0 Å². The predicted molar refractivity (Wildman–Crippen MR) is 101 cm³/mol. The standard InChI is InChI=1S/C22H17FN2O2/c1-13-10-17(11-14(2)20(13)22(26)27-3)21-16(12-24)6-9-19(25-21)15-4-7-18(23)8-5-15/h4-11H,1-3H3. The highest BCUT2D eigenvalue weighted by Crippen LogP contribution is 2.29. The van der Waals surface area contributed by atoms with Crippen molar-refractivity contribution in [2.24, 2.45) is 0 Å². The van der Waals surface area contributed by atoms with Crippen LogP contribution in [0.3, 0.4) is 0 Å². The highest BCUT2D eigenvalue weighted by molar-refractivity contribution is 5.93. The molecular weight excluding hydrogens is 343 g/mol. The van der Waals surface area contributed by atoms with Crippen molar-refractivity contribution in [2.45, 2.75) is 13.8 Å². The zero-order valence-electron chi connectivity index (χ0n) is 15.2. The Balaban J connectivity index is 2.16. The number of esters is 1. The number of aromatic nitrogens is 1. The Morgan fingerprint density at radius 1 is 1.04 bits per heavy atom. The molecule has 0 aliphatic carbocycles. The van der Waals surface area contributed by atoms with Crippen molar-refractivity contribution in [3.63, 3.8) is 0 Å². The van der Waals surface area contributed by atoms with Gasteiger partial charge in [0.15, 0.2) is 0 Å². The topological polar surface area (TPSA) is 63.0 Å². The number of carbonyl (C=O) groups is 1. The van der Waals surface area contributed by atoms with Gasteiger partial charge < -0.3 is 4.74 Å². The molecule has 134 valence electrons. The fourth-order valence-corrected chi connectivity index (χ4v) is 3.08. The summed E-state index contributed by atoms with van der Waals surface area (Å²) in [6, 6.07) is 15.2. The van der Waals surface area contributed by atoms with Crippen LogP contribution in [-0.4, -0.2) is 18.1 Å². The lowest BCUT2D eigenvalue weighted by molar-refractivity contribution is 0.0599. The van der Waals surface area contributed by atoms with E-state index in [9.17, 15) is 14.4 Å². The van der Waals surface area contributed by atoms with Crippen LogP contribution < -0.4 is 0 Å². The number of rotatable bonds is 3. The molecule has 3 aromatic rings. The van der Waals surface area contributed by atoms with Crippen molar-refractivity contribution < 1.29 is 13.9 Å². The van der Waals surface area contributed by atoms with E-state index in [1.165, 1.54) is 19.2 Å². The molecular formula is C22H17FN2O2. The van der Waals surface area contributed by atoms with E-state index in [4.69, 9.17) is 4.74 Å². The number of methoxy groups -OCH3 is 1. The molecule has 27 heavy (non-hydrogen) atoms. The Kier molecular flexibility index (Phi) is 5.00. The van der Waals surface area contributed by atoms with Gasteiger partial charge in [0.05, 0.1) is 29.6 Å². The molecule has 0 aliphatic heterocycles. The molecule has 1 aromatic heterocycles. The van der Waals surface area contributed by atoms with Crippen LogP contribution in [0.5, 0.6) is 0 Å². The Morgan fingerprint density at radius 3 is 2.22 bits per heavy atom. The van der Waals surface area contributed by atoms with E-state index in [2.05, 4.69) is 11.1 Å². The fraction of sp³-hybridized carbons (Fsp3) is 0.136. The van der Waals surface area contributed by atoms with E-state index < -0.39 is 5.97 Å². The van der Waals surface area contributed by atoms with Gasteiger partial charge in [0.25, 0.3) is 0 Å². The number of carbonyl (C=O) groups excluding carboxylic acids is 1. The highest BCUT2D eigenvalue weighted by atomic mass is 19.1. The lowest BCUT2D eigenvalue weighted by Crippen LogP contribution is -2.07. The number of ether oxygens (including phenoxy) is 1. The second-order valence-corrected chi connectivity index (χ2v) is 6.19. The van der Waals surface area contributed by atoms with E-state index in [1.54, 1.807) is 24.3 Å². The molecule has 0 amide bonds. The van der Waals surface area contributed by atoms with Crippen molar-refractivity contribution in [1.82, 2.24) is 4.98 Å². The van der Waals surface area contributed by atoms with E-state index >= 15 is 0 Å². The second-order valence-electron chi connectivity index (χ2n) is 6.19. The smallest absolute Gasteiger partial charge is 0.338 e. The summed E-state index contributed by atoms with van der Waals surface area (Å²) in [5.41, 5.74) is 5.06. The summed E-state index contributed by atoms with van der Waals surface area (Å²) in [5, 5.41) is 9.48. The van der Waals surface area contributed by atoms with Crippen LogP contribution in [0.4, 0.5) is 4.39 Å².